The van der Waals surface area contributed by atoms with Gasteiger partial charge in [0.15, 0.2) is 4.80 Å². The highest BCUT2D eigenvalue weighted by molar-refractivity contribution is 7.07. The van der Waals surface area contributed by atoms with Crippen LogP contribution in [0.15, 0.2) is 64.4 Å². The maximum atomic E-state index is 12.5. The molecular formula is C18H12N2O3S. The van der Waals surface area contributed by atoms with Gasteiger partial charge in [-0.2, -0.15) is 0 Å². The Morgan fingerprint density at radius 3 is 2.71 bits per heavy atom. The number of hydrogen-bond acceptors (Lipinski definition) is 5. The van der Waals surface area contributed by atoms with Crippen molar-refractivity contribution in [1.82, 2.24) is 4.57 Å². The van der Waals surface area contributed by atoms with Gasteiger partial charge >= 0.3 is 5.97 Å². The van der Waals surface area contributed by atoms with Gasteiger partial charge in [-0.25, -0.2) is 9.79 Å². The second kappa shape index (κ2) is 5.90. The third kappa shape index (κ3) is 2.68. The molecule has 3 aromatic rings. The van der Waals surface area contributed by atoms with E-state index in [-0.39, 0.29) is 5.56 Å². The summed E-state index contributed by atoms with van der Waals surface area (Å²) in [5.41, 5.74) is 1.62. The zero-order valence-corrected chi connectivity index (χ0v) is 13.3. The third-order valence-corrected chi connectivity index (χ3v) is 4.64. The average molecular weight is 336 g/mol. The van der Waals surface area contributed by atoms with E-state index < -0.39 is 5.97 Å². The summed E-state index contributed by atoms with van der Waals surface area (Å²) in [5, 5.41) is 0. The summed E-state index contributed by atoms with van der Waals surface area (Å²) in [7, 11) is 0. The van der Waals surface area contributed by atoms with Crippen LogP contribution in [0.2, 0.25) is 0 Å². The van der Waals surface area contributed by atoms with Crippen molar-refractivity contribution >= 4 is 29.1 Å². The molecule has 0 spiro atoms. The summed E-state index contributed by atoms with van der Waals surface area (Å²) >= 11 is 1.19. The second-order valence-electron chi connectivity index (χ2n) is 5.26. The highest BCUT2D eigenvalue weighted by Crippen LogP contribution is 2.20. The SMILES string of the molecule is O=C(/C=c1/sc2n(c1=O)Cc1ccccc1N=2)Oc1ccccc1. The molecule has 0 N–H and O–H groups in total. The van der Waals surface area contributed by atoms with Gasteiger partial charge in [0.1, 0.15) is 10.3 Å². The molecule has 1 aliphatic heterocycles. The highest BCUT2D eigenvalue weighted by atomic mass is 32.1. The van der Waals surface area contributed by atoms with Crippen LogP contribution in [0.25, 0.3) is 6.08 Å². The van der Waals surface area contributed by atoms with Crippen molar-refractivity contribution in [2.24, 2.45) is 4.99 Å². The van der Waals surface area contributed by atoms with E-state index >= 15 is 0 Å². The smallest absolute Gasteiger partial charge is 0.337 e. The zero-order valence-electron chi connectivity index (χ0n) is 12.5. The van der Waals surface area contributed by atoms with Crippen LogP contribution in [0.1, 0.15) is 5.56 Å². The van der Waals surface area contributed by atoms with Crippen molar-refractivity contribution in [2.45, 2.75) is 6.54 Å². The van der Waals surface area contributed by atoms with Gasteiger partial charge in [-0.3, -0.25) is 9.36 Å². The van der Waals surface area contributed by atoms with Gasteiger partial charge in [0.05, 0.1) is 12.2 Å². The molecule has 0 aliphatic carbocycles. The van der Waals surface area contributed by atoms with Crippen molar-refractivity contribution in [2.75, 3.05) is 0 Å². The Bertz CT molecular complexity index is 1100. The van der Waals surface area contributed by atoms with Crippen LogP contribution in [0.5, 0.6) is 5.75 Å². The number of ether oxygens (including phenoxy) is 1. The summed E-state index contributed by atoms with van der Waals surface area (Å²) in [6.07, 6.45) is 1.23. The Morgan fingerprint density at radius 1 is 1.12 bits per heavy atom. The van der Waals surface area contributed by atoms with Gasteiger partial charge in [0, 0.05) is 6.08 Å². The zero-order chi connectivity index (χ0) is 16.5. The van der Waals surface area contributed by atoms with Crippen LogP contribution in [-0.2, 0) is 11.3 Å². The normalized spacial score (nSPS) is 12.9. The number of hydrogen-bond donors (Lipinski definition) is 0. The highest BCUT2D eigenvalue weighted by Gasteiger charge is 2.14. The fourth-order valence-electron chi connectivity index (χ4n) is 2.50. The monoisotopic (exact) mass is 336 g/mol. The van der Waals surface area contributed by atoms with Crippen LogP contribution < -0.4 is 19.6 Å². The molecule has 0 fully saturated rings. The number of rotatable bonds is 2. The van der Waals surface area contributed by atoms with E-state index in [1.807, 2.05) is 30.3 Å². The lowest BCUT2D eigenvalue weighted by Crippen LogP contribution is -2.33. The molecule has 4 rings (SSSR count). The van der Waals surface area contributed by atoms with E-state index in [0.717, 1.165) is 11.3 Å². The fraction of sp³-hybridized carbons (Fsp3) is 0.0556. The minimum atomic E-state index is -0.574. The number of carbonyl (C=O) groups is 1. The van der Waals surface area contributed by atoms with Crippen molar-refractivity contribution in [3.63, 3.8) is 0 Å². The van der Waals surface area contributed by atoms with Crippen LogP contribution in [0.4, 0.5) is 5.69 Å². The molecule has 1 aliphatic rings. The summed E-state index contributed by atoms with van der Waals surface area (Å²) in [5.74, 6) is -0.132. The Labute approximate surface area is 140 Å². The maximum absolute atomic E-state index is 12.5. The molecule has 0 radical (unpaired) electrons. The molecule has 6 heteroatoms. The quantitative estimate of drug-likeness (QED) is 0.413. The Balaban J connectivity index is 1.71. The Morgan fingerprint density at radius 2 is 1.88 bits per heavy atom. The molecule has 0 saturated heterocycles. The standard InChI is InChI=1S/C18H12N2O3S/c21-16(23-13-7-2-1-3-8-13)10-15-17(22)20-11-12-6-4-5-9-14(12)19-18(20)24-15/h1-10H,11H2/b15-10+. The summed E-state index contributed by atoms with van der Waals surface area (Å²) in [6.45, 7) is 0.464. The molecule has 0 amide bonds. The van der Waals surface area contributed by atoms with Gasteiger partial charge in [-0.05, 0) is 23.8 Å². The summed E-state index contributed by atoms with van der Waals surface area (Å²) < 4.78 is 7.10. The largest absolute Gasteiger partial charge is 0.423 e. The molecule has 5 nitrogen and oxygen atoms in total. The number of para-hydroxylation sites is 2. The maximum Gasteiger partial charge on any atom is 0.337 e. The second-order valence-corrected chi connectivity index (χ2v) is 6.27. The van der Waals surface area contributed by atoms with Crippen LogP contribution in [0.3, 0.4) is 0 Å². The van der Waals surface area contributed by atoms with Crippen molar-refractivity contribution in [3.05, 3.63) is 79.8 Å². The number of esters is 1. The average Bonchev–Trinajstić information content (AvgIpc) is 2.89. The van der Waals surface area contributed by atoms with Gasteiger partial charge in [-0.1, -0.05) is 47.7 Å². The van der Waals surface area contributed by atoms with E-state index in [4.69, 9.17) is 4.74 Å². The lowest BCUT2D eigenvalue weighted by Gasteiger charge is -2.10. The lowest BCUT2D eigenvalue weighted by atomic mass is 10.1. The molecule has 2 aromatic carbocycles. The Hall–Kier alpha value is -2.99. The first kappa shape index (κ1) is 14.6. The number of aromatic nitrogens is 1. The molecule has 0 bridgehead atoms. The first-order valence-corrected chi connectivity index (χ1v) is 8.17. The molecule has 1 aromatic heterocycles. The summed E-state index contributed by atoms with van der Waals surface area (Å²) in [6, 6.07) is 16.4. The van der Waals surface area contributed by atoms with Crippen molar-refractivity contribution in [3.8, 4) is 5.75 Å². The first-order chi connectivity index (χ1) is 11.7. The molecule has 0 unspecified atom stereocenters. The van der Waals surface area contributed by atoms with Gasteiger partial charge in [-0.15, -0.1) is 0 Å². The predicted molar refractivity (Wildman–Crippen MR) is 91.1 cm³/mol. The number of benzene rings is 2. The van der Waals surface area contributed by atoms with Crippen LogP contribution in [-0.4, -0.2) is 10.5 Å². The van der Waals surface area contributed by atoms with Crippen molar-refractivity contribution < 1.29 is 9.53 Å². The number of nitrogens with zero attached hydrogens (tertiary/aromatic N) is 2. The van der Waals surface area contributed by atoms with E-state index in [9.17, 15) is 9.59 Å². The predicted octanol–water partition coefficient (Wildman–Crippen LogP) is 1.61. The molecule has 0 saturated carbocycles. The fourth-order valence-corrected chi connectivity index (χ4v) is 3.45. The van der Waals surface area contributed by atoms with Crippen molar-refractivity contribution in [1.29, 1.82) is 0 Å². The van der Waals surface area contributed by atoms with Gasteiger partial charge in [0.2, 0.25) is 0 Å². The lowest BCUT2D eigenvalue weighted by molar-refractivity contribution is -0.127. The molecular weight excluding hydrogens is 324 g/mol. The van der Waals surface area contributed by atoms with Gasteiger partial charge < -0.3 is 4.74 Å². The van der Waals surface area contributed by atoms with E-state index in [1.165, 1.54) is 17.4 Å². The van der Waals surface area contributed by atoms with Crippen LogP contribution >= 0.6 is 11.3 Å². The topological polar surface area (TPSA) is 60.7 Å². The van der Waals surface area contributed by atoms with E-state index in [2.05, 4.69) is 4.99 Å². The molecule has 0 atom stereocenters. The third-order valence-electron chi connectivity index (χ3n) is 3.63. The number of thiazole rings is 1. The van der Waals surface area contributed by atoms with E-state index in [1.54, 1.807) is 28.8 Å². The number of fused-ring (bicyclic) bond motifs is 2. The Kier molecular flexibility index (Phi) is 3.59. The van der Waals surface area contributed by atoms with E-state index in [0.29, 0.717) is 21.6 Å². The van der Waals surface area contributed by atoms with Gasteiger partial charge in [0.25, 0.3) is 5.56 Å². The minimum Gasteiger partial charge on any atom is -0.423 e. The van der Waals surface area contributed by atoms with Crippen LogP contribution in [0, 0.1) is 0 Å². The number of carbonyl (C=O) groups excluding carboxylic acids is 1. The molecule has 24 heavy (non-hydrogen) atoms. The summed E-state index contributed by atoms with van der Waals surface area (Å²) in [4.78, 5) is 29.6. The molecule has 118 valence electrons. The minimum absolute atomic E-state index is 0.224. The molecule has 2 heterocycles. The first-order valence-electron chi connectivity index (χ1n) is 7.35.